The summed E-state index contributed by atoms with van der Waals surface area (Å²) in [5, 5.41) is 12.3. The van der Waals surface area contributed by atoms with Gasteiger partial charge in [-0.15, -0.1) is 0 Å². The number of hydrogen-bond donors (Lipinski definition) is 2. The number of rotatable bonds is 6. The zero-order chi connectivity index (χ0) is 17.9. The molecular formula is C15H14F4N2O3. The van der Waals surface area contributed by atoms with E-state index in [0.29, 0.717) is 17.1 Å². The summed E-state index contributed by atoms with van der Waals surface area (Å²) >= 11 is 0. The van der Waals surface area contributed by atoms with Crippen molar-refractivity contribution in [3.8, 4) is 11.5 Å². The summed E-state index contributed by atoms with van der Waals surface area (Å²) in [7, 11) is 2.83. The summed E-state index contributed by atoms with van der Waals surface area (Å²) in [4.78, 5) is 2.45. The van der Waals surface area contributed by atoms with Crippen LogP contribution in [0.5, 0.6) is 11.5 Å². The van der Waals surface area contributed by atoms with Crippen molar-refractivity contribution < 1.29 is 32.1 Å². The molecule has 0 spiro atoms. The van der Waals surface area contributed by atoms with Crippen molar-refractivity contribution in [3.05, 3.63) is 47.3 Å². The summed E-state index contributed by atoms with van der Waals surface area (Å²) in [5.41, 5.74) is -0.733. The van der Waals surface area contributed by atoms with E-state index < -0.39 is 41.9 Å². The first-order chi connectivity index (χ1) is 11.4. The van der Waals surface area contributed by atoms with E-state index in [9.17, 15) is 22.7 Å². The van der Waals surface area contributed by atoms with Gasteiger partial charge in [-0.25, -0.2) is 0 Å². The van der Waals surface area contributed by atoms with Crippen LogP contribution in [0.3, 0.4) is 0 Å². The van der Waals surface area contributed by atoms with Crippen molar-refractivity contribution in [2.24, 2.45) is 0 Å². The molecule has 24 heavy (non-hydrogen) atoms. The predicted octanol–water partition coefficient (Wildman–Crippen LogP) is 2.80. The van der Waals surface area contributed by atoms with Gasteiger partial charge >= 0.3 is 0 Å². The van der Waals surface area contributed by atoms with Crippen LogP contribution in [0.15, 0.2) is 18.2 Å². The van der Waals surface area contributed by atoms with E-state index in [2.05, 4.69) is 10.3 Å². The lowest BCUT2D eigenvalue weighted by atomic mass is 10.1. The lowest BCUT2D eigenvalue weighted by Crippen LogP contribution is -2.16. The van der Waals surface area contributed by atoms with Gasteiger partial charge in [0.1, 0.15) is 17.2 Å². The lowest BCUT2D eigenvalue weighted by Gasteiger charge is -2.16. The Morgan fingerprint density at radius 2 is 1.50 bits per heavy atom. The molecule has 1 heterocycles. The van der Waals surface area contributed by atoms with Crippen molar-refractivity contribution >= 4 is 5.69 Å². The molecule has 130 valence electrons. The summed E-state index contributed by atoms with van der Waals surface area (Å²) in [6.45, 7) is -0.424. The van der Waals surface area contributed by atoms with Crippen molar-refractivity contribution in [3.63, 3.8) is 0 Å². The number of anilines is 1. The number of pyridine rings is 1. The highest BCUT2D eigenvalue weighted by Gasteiger charge is 2.21. The first kappa shape index (κ1) is 17.8. The highest BCUT2D eigenvalue weighted by Crippen LogP contribution is 2.28. The fourth-order valence-electron chi connectivity index (χ4n) is 1.98. The minimum atomic E-state index is -1.78. The number of halogens is 4. The standard InChI is InChI=1S/C15H14F4N2O3/c1-23-8-3-7(4-9(5-8)24-2)10(22)6-20-13-11(16)14(18)21-15(19)12(13)17/h3-5,10,22H,6H2,1-2H3,(H,20,21). The maximum absolute atomic E-state index is 13.5. The Morgan fingerprint density at radius 3 is 1.96 bits per heavy atom. The largest absolute Gasteiger partial charge is 0.497 e. The first-order valence-corrected chi connectivity index (χ1v) is 6.72. The Kier molecular flexibility index (Phi) is 5.45. The van der Waals surface area contributed by atoms with E-state index in [-0.39, 0.29) is 0 Å². The Balaban J connectivity index is 2.21. The third-order valence-corrected chi connectivity index (χ3v) is 3.23. The molecule has 0 bridgehead atoms. The average molecular weight is 346 g/mol. The molecule has 0 aliphatic carbocycles. The number of methoxy groups -OCH3 is 2. The maximum atomic E-state index is 13.5. The number of nitrogens with zero attached hydrogens (tertiary/aromatic N) is 1. The third kappa shape index (κ3) is 3.67. The minimum Gasteiger partial charge on any atom is -0.497 e. The number of aliphatic hydroxyl groups excluding tert-OH is 1. The molecule has 1 unspecified atom stereocenters. The molecule has 1 aromatic carbocycles. The zero-order valence-electron chi connectivity index (χ0n) is 12.7. The molecule has 0 aliphatic heterocycles. The first-order valence-electron chi connectivity index (χ1n) is 6.72. The molecule has 2 aromatic rings. The van der Waals surface area contributed by atoms with Gasteiger partial charge in [0.05, 0.1) is 20.3 Å². The lowest BCUT2D eigenvalue weighted by molar-refractivity contribution is 0.190. The van der Waals surface area contributed by atoms with Crippen LogP contribution in [0.25, 0.3) is 0 Å². The van der Waals surface area contributed by atoms with Gasteiger partial charge in [-0.05, 0) is 17.7 Å². The number of hydrogen-bond acceptors (Lipinski definition) is 5. The van der Waals surface area contributed by atoms with Gasteiger partial charge in [0, 0.05) is 12.6 Å². The summed E-state index contributed by atoms with van der Waals surface area (Å²) in [6.07, 6.45) is -1.26. The smallest absolute Gasteiger partial charge is 0.253 e. The van der Waals surface area contributed by atoms with Gasteiger partial charge in [-0.1, -0.05) is 0 Å². The number of nitrogens with one attached hydrogen (secondary N) is 1. The van der Waals surface area contributed by atoms with Crippen LogP contribution in [0, 0.1) is 23.5 Å². The monoisotopic (exact) mass is 346 g/mol. The van der Waals surface area contributed by atoms with Gasteiger partial charge < -0.3 is 19.9 Å². The number of aliphatic hydroxyl groups is 1. The van der Waals surface area contributed by atoms with Gasteiger partial charge in [0.25, 0.3) is 11.9 Å². The molecule has 2 N–H and O–H groups in total. The fraction of sp³-hybridized carbons (Fsp3) is 0.267. The molecule has 0 aliphatic rings. The van der Waals surface area contributed by atoms with Gasteiger partial charge in [-0.2, -0.15) is 22.5 Å². The van der Waals surface area contributed by atoms with E-state index in [1.807, 2.05) is 0 Å². The Morgan fingerprint density at radius 1 is 1.00 bits per heavy atom. The molecule has 5 nitrogen and oxygen atoms in total. The highest BCUT2D eigenvalue weighted by molar-refractivity contribution is 5.46. The summed E-state index contributed by atoms with van der Waals surface area (Å²) in [5.74, 6) is -6.14. The predicted molar refractivity (Wildman–Crippen MR) is 77.1 cm³/mol. The molecule has 1 aromatic heterocycles. The number of benzene rings is 1. The Labute approximate surface area is 134 Å². The molecule has 0 amide bonds. The van der Waals surface area contributed by atoms with Crippen LogP contribution in [0.4, 0.5) is 23.2 Å². The molecule has 0 fully saturated rings. The van der Waals surface area contributed by atoms with Crippen LogP contribution >= 0.6 is 0 Å². The summed E-state index contributed by atoms with van der Waals surface area (Å²) in [6, 6.07) is 4.53. The van der Waals surface area contributed by atoms with Crippen LogP contribution in [0.1, 0.15) is 11.7 Å². The Bertz CT molecular complexity index is 695. The van der Waals surface area contributed by atoms with E-state index in [1.165, 1.54) is 26.4 Å². The Hall–Kier alpha value is -2.55. The SMILES string of the molecule is COc1cc(OC)cc(C(O)CNc2c(F)c(F)nc(F)c2F)c1. The minimum absolute atomic E-state index is 0.314. The van der Waals surface area contributed by atoms with Crippen molar-refractivity contribution in [1.29, 1.82) is 0 Å². The summed E-state index contributed by atoms with van der Waals surface area (Å²) < 4.78 is 63.2. The molecule has 9 heteroatoms. The van der Waals surface area contributed by atoms with E-state index in [4.69, 9.17) is 9.47 Å². The topological polar surface area (TPSA) is 63.6 Å². The van der Waals surface area contributed by atoms with Crippen molar-refractivity contribution in [2.45, 2.75) is 6.10 Å². The zero-order valence-corrected chi connectivity index (χ0v) is 12.7. The van der Waals surface area contributed by atoms with E-state index in [0.717, 1.165) is 0 Å². The normalized spacial score (nSPS) is 12.0. The van der Waals surface area contributed by atoms with Crippen LogP contribution in [-0.4, -0.2) is 30.9 Å². The van der Waals surface area contributed by atoms with E-state index >= 15 is 0 Å². The molecule has 2 rings (SSSR count). The molecule has 1 atom stereocenters. The van der Waals surface area contributed by atoms with Crippen molar-refractivity contribution in [1.82, 2.24) is 4.98 Å². The number of ether oxygens (including phenoxy) is 2. The quantitative estimate of drug-likeness (QED) is 0.622. The van der Waals surface area contributed by atoms with Crippen LogP contribution < -0.4 is 14.8 Å². The molecule has 0 saturated heterocycles. The third-order valence-electron chi connectivity index (χ3n) is 3.23. The van der Waals surface area contributed by atoms with Crippen LogP contribution in [-0.2, 0) is 0 Å². The molecule has 0 saturated carbocycles. The van der Waals surface area contributed by atoms with Gasteiger partial charge in [0.15, 0.2) is 0 Å². The van der Waals surface area contributed by atoms with Gasteiger partial charge in [0.2, 0.25) is 11.6 Å². The highest BCUT2D eigenvalue weighted by atomic mass is 19.2. The molecular weight excluding hydrogens is 332 g/mol. The van der Waals surface area contributed by atoms with Gasteiger partial charge in [-0.3, -0.25) is 0 Å². The van der Waals surface area contributed by atoms with E-state index in [1.54, 1.807) is 6.07 Å². The van der Waals surface area contributed by atoms with Crippen LogP contribution in [0.2, 0.25) is 0 Å². The second kappa shape index (κ2) is 7.35. The second-order valence-corrected chi connectivity index (χ2v) is 4.74. The maximum Gasteiger partial charge on any atom is 0.253 e. The molecule has 0 radical (unpaired) electrons. The average Bonchev–Trinajstić information content (AvgIpc) is 2.59. The van der Waals surface area contributed by atoms with Crippen molar-refractivity contribution in [2.75, 3.05) is 26.1 Å². The fourth-order valence-corrected chi connectivity index (χ4v) is 1.98. The number of aromatic nitrogens is 1. The second-order valence-electron chi connectivity index (χ2n) is 4.74.